The molecule has 1 N–H and O–H groups in total. The summed E-state index contributed by atoms with van der Waals surface area (Å²) >= 11 is 7.25. The first-order valence-electron chi connectivity index (χ1n) is 10.2. The number of hydrogen-bond donors (Lipinski definition) is 1. The van der Waals surface area contributed by atoms with Gasteiger partial charge in [0.15, 0.2) is 6.61 Å². The van der Waals surface area contributed by atoms with Crippen molar-refractivity contribution in [1.29, 1.82) is 0 Å². The van der Waals surface area contributed by atoms with Crippen LogP contribution in [0.25, 0.3) is 6.08 Å². The number of thiophene rings is 1. The monoisotopic (exact) mass is 479 g/mol. The van der Waals surface area contributed by atoms with Gasteiger partial charge in [-0.1, -0.05) is 24.6 Å². The van der Waals surface area contributed by atoms with Gasteiger partial charge in [0, 0.05) is 16.5 Å². The molecule has 1 aliphatic rings. The van der Waals surface area contributed by atoms with Gasteiger partial charge in [-0.3, -0.25) is 4.79 Å². The maximum absolute atomic E-state index is 13.7. The van der Waals surface area contributed by atoms with Gasteiger partial charge < -0.3 is 14.8 Å². The van der Waals surface area contributed by atoms with Crippen LogP contribution < -0.4 is 5.32 Å². The third kappa shape index (κ3) is 5.75. The molecule has 2 aromatic rings. The number of benzene rings is 1. The van der Waals surface area contributed by atoms with E-state index in [0.29, 0.717) is 16.5 Å². The topological polar surface area (TPSA) is 81.7 Å². The van der Waals surface area contributed by atoms with Crippen molar-refractivity contribution in [3.63, 3.8) is 0 Å². The van der Waals surface area contributed by atoms with Gasteiger partial charge >= 0.3 is 11.9 Å². The predicted octanol–water partition coefficient (Wildman–Crippen LogP) is 5.04. The molecule has 1 atom stereocenters. The number of carbonyl (C=O) groups excluding carboxylic acids is 3. The average molecular weight is 480 g/mol. The molecule has 1 aromatic heterocycles. The Kier molecular flexibility index (Phi) is 8.04. The van der Waals surface area contributed by atoms with Gasteiger partial charge in [0.2, 0.25) is 0 Å². The maximum Gasteiger partial charge on any atom is 0.341 e. The zero-order valence-corrected chi connectivity index (χ0v) is 19.3. The Labute approximate surface area is 194 Å². The Bertz CT molecular complexity index is 1040. The van der Waals surface area contributed by atoms with Crippen LogP contribution in [0.15, 0.2) is 24.3 Å². The molecule has 170 valence electrons. The first-order chi connectivity index (χ1) is 15.3. The van der Waals surface area contributed by atoms with E-state index in [4.69, 9.17) is 21.1 Å². The summed E-state index contributed by atoms with van der Waals surface area (Å²) in [5.41, 5.74) is 1.35. The van der Waals surface area contributed by atoms with Gasteiger partial charge in [0.05, 0.1) is 17.2 Å². The normalized spacial score (nSPS) is 15.3. The highest BCUT2D eigenvalue weighted by atomic mass is 35.5. The van der Waals surface area contributed by atoms with Gasteiger partial charge in [-0.2, -0.15) is 0 Å². The Hall–Kier alpha value is -2.71. The van der Waals surface area contributed by atoms with Crippen LogP contribution in [0.5, 0.6) is 0 Å². The number of carbonyl (C=O) groups is 3. The molecule has 1 heterocycles. The number of esters is 2. The Morgan fingerprint density at radius 3 is 2.81 bits per heavy atom. The van der Waals surface area contributed by atoms with E-state index in [-0.39, 0.29) is 17.2 Å². The number of fused-ring (bicyclic) bond motifs is 1. The summed E-state index contributed by atoms with van der Waals surface area (Å²) in [7, 11) is 0. The number of anilines is 1. The highest BCUT2D eigenvalue weighted by Crippen LogP contribution is 2.40. The fourth-order valence-corrected chi connectivity index (χ4v) is 5.07. The molecular weight excluding hydrogens is 457 g/mol. The first kappa shape index (κ1) is 23.9. The van der Waals surface area contributed by atoms with Crippen molar-refractivity contribution in [2.45, 2.75) is 33.1 Å². The highest BCUT2D eigenvalue weighted by Gasteiger charge is 2.29. The quantitative estimate of drug-likeness (QED) is 0.444. The van der Waals surface area contributed by atoms with Gasteiger partial charge in [-0.05, 0) is 55.9 Å². The third-order valence-electron chi connectivity index (χ3n) is 4.98. The minimum absolute atomic E-state index is 0.0491. The highest BCUT2D eigenvalue weighted by molar-refractivity contribution is 7.17. The SMILES string of the molecule is CCOC(=O)c1c(NC(=O)COC(=O)/C=C/c2c(F)cccc2Cl)sc2c1CCC(C)C2. The summed E-state index contributed by atoms with van der Waals surface area (Å²) < 4.78 is 23.9. The van der Waals surface area contributed by atoms with Gasteiger partial charge in [-0.15, -0.1) is 11.3 Å². The van der Waals surface area contributed by atoms with Gasteiger partial charge in [0.1, 0.15) is 10.8 Å². The molecule has 0 saturated carbocycles. The summed E-state index contributed by atoms with van der Waals surface area (Å²) in [6.07, 6.45) is 4.72. The van der Waals surface area contributed by atoms with E-state index < -0.39 is 30.3 Å². The zero-order chi connectivity index (χ0) is 23.3. The molecule has 9 heteroatoms. The third-order valence-corrected chi connectivity index (χ3v) is 6.47. The Morgan fingerprint density at radius 1 is 1.31 bits per heavy atom. The number of hydrogen-bond acceptors (Lipinski definition) is 6. The van der Waals surface area contributed by atoms with Crippen molar-refractivity contribution < 1.29 is 28.2 Å². The van der Waals surface area contributed by atoms with Crippen LogP contribution in [0.3, 0.4) is 0 Å². The maximum atomic E-state index is 13.7. The molecular formula is C23H23ClFNO5S. The van der Waals surface area contributed by atoms with Gasteiger partial charge in [-0.25, -0.2) is 14.0 Å². The molecule has 0 aliphatic heterocycles. The lowest BCUT2D eigenvalue weighted by Gasteiger charge is -2.18. The molecule has 0 saturated heterocycles. The second-order valence-corrected chi connectivity index (χ2v) is 8.91. The number of ether oxygens (including phenoxy) is 2. The van der Waals surface area contributed by atoms with E-state index in [1.165, 1.54) is 35.6 Å². The molecule has 0 spiro atoms. The van der Waals surface area contributed by atoms with Crippen LogP contribution in [-0.4, -0.2) is 31.1 Å². The first-order valence-corrected chi connectivity index (χ1v) is 11.4. The fraction of sp³-hybridized carbons (Fsp3) is 0.348. The van der Waals surface area contributed by atoms with Crippen LogP contribution in [0, 0.1) is 11.7 Å². The molecule has 1 aromatic carbocycles. The molecule has 32 heavy (non-hydrogen) atoms. The number of rotatable bonds is 7. The molecule has 6 nitrogen and oxygen atoms in total. The molecule has 3 rings (SSSR count). The van der Waals surface area contributed by atoms with Crippen LogP contribution in [0.1, 0.15) is 46.6 Å². The summed E-state index contributed by atoms with van der Waals surface area (Å²) in [6, 6.07) is 4.16. The van der Waals surface area contributed by atoms with E-state index in [2.05, 4.69) is 12.2 Å². The van der Waals surface area contributed by atoms with Crippen molar-refractivity contribution in [3.05, 3.63) is 56.7 Å². The van der Waals surface area contributed by atoms with E-state index in [9.17, 15) is 18.8 Å². The predicted molar refractivity (Wildman–Crippen MR) is 121 cm³/mol. The van der Waals surface area contributed by atoms with Crippen molar-refractivity contribution in [1.82, 2.24) is 0 Å². The Balaban J connectivity index is 1.65. The van der Waals surface area contributed by atoms with Crippen LogP contribution >= 0.6 is 22.9 Å². The summed E-state index contributed by atoms with van der Waals surface area (Å²) in [5.74, 6) is -1.98. The molecule has 1 unspecified atom stereocenters. The largest absolute Gasteiger partial charge is 0.462 e. The summed E-state index contributed by atoms with van der Waals surface area (Å²) in [6.45, 7) is 3.53. The molecule has 1 aliphatic carbocycles. The molecule has 0 radical (unpaired) electrons. The summed E-state index contributed by atoms with van der Waals surface area (Å²) in [4.78, 5) is 37.9. The van der Waals surface area contributed by atoms with Crippen molar-refractivity contribution in [2.24, 2.45) is 5.92 Å². The van der Waals surface area contributed by atoms with E-state index in [0.717, 1.165) is 35.8 Å². The summed E-state index contributed by atoms with van der Waals surface area (Å²) in [5, 5.41) is 3.21. The van der Waals surface area contributed by atoms with Crippen molar-refractivity contribution in [2.75, 3.05) is 18.5 Å². The molecule has 0 fully saturated rings. The van der Waals surface area contributed by atoms with E-state index >= 15 is 0 Å². The standard InChI is InChI=1S/C23H23ClFNO5S/c1-3-30-23(29)21-15-8-7-13(2)11-18(15)32-22(21)26-19(27)12-31-20(28)10-9-14-16(24)5-4-6-17(14)25/h4-6,9-10,13H,3,7-8,11-12H2,1-2H3,(H,26,27)/b10-9+. The number of nitrogens with one attached hydrogen (secondary N) is 1. The minimum atomic E-state index is -0.829. The lowest BCUT2D eigenvalue weighted by atomic mass is 9.88. The fourth-order valence-electron chi connectivity index (χ4n) is 3.43. The zero-order valence-electron chi connectivity index (χ0n) is 17.7. The lowest BCUT2D eigenvalue weighted by Crippen LogP contribution is -2.21. The molecule has 0 bridgehead atoms. The van der Waals surface area contributed by atoms with Crippen molar-refractivity contribution >= 4 is 51.9 Å². The second-order valence-electron chi connectivity index (χ2n) is 7.40. The van der Waals surface area contributed by atoms with Crippen molar-refractivity contribution in [3.8, 4) is 0 Å². The second kappa shape index (κ2) is 10.7. The van der Waals surface area contributed by atoms with Crippen LogP contribution in [-0.2, 0) is 31.9 Å². The van der Waals surface area contributed by atoms with Crippen LogP contribution in [0.2, 0.25) is 5.02 Å². The van der Waals surface area contributed by atoms with Gasteiger partial charge in [0.25, 0.3) is 5.91 Å². The van der Waals surface area contributed by atoms with E-state index in [1.807, 2.05) is 0 Å². The number of halogens is 2. The smallest absolute Gasteiger partial charge is 0.341 e. The lowest BCUT2D eigenvalue weighted by molar-refractivity contribution is -0.142. The minimum Gasteiger partial charge on any atom is -0.462 e. The average Bonchev–Trinajstić information content (AvgIpc) is 3.08. The molecule has 1 amide bonds. The van der Waals surface area contributed by atoms with Crippen LogP contribution in [0.4, 0.5) is 9.39 Å². The Morgan fingerprint density at radius 2 is 2.09 bits per heavy atom. The van der Waals surface area contributed by atoms with E-state index in [1.54, 1.807) is 6.92 Å². The number of amides is 1.